The van der Waals surface area contributed by atoms with Crippen LogP contribution in [0.2, 0.25) is 5.02 Å². The van der Waals surface area contributed by atoms with Gasteiger partial charge in [0.1, 0.15) is 5.37 Å². The Bertz CT molecular complexity index is 1530. The highest BCUT2D eigenvalue weighted by Crippen LogP contribution is 2.48. The van der Waals surface area contributed by atoms with Crippen LogP contribution in [0.1, 0.15) is 23.1 Å². The maximum atomic E-state index is 13.7. The van der Waals surface area contributed by atoms with Gasteiger partial charge in [0.25, 0.3) is 0 Å². The summed E-state index contributed by atoms with van der Waals surface area (Å²) in [6, 6.07) is 31.6. The fourth-order valence-electron chi connectivity index (χ4n) is 4.83. The van der Waals surface area contributed by atoms with Crippen molar-refractivity contribution in [3.05, 3.63) is 131 Å². The van der Waals surface area contributed by atoms with Crippen molar-refractivity contribution in [2.75, 3.05) is 6.54 Å². The molecule has 0 saturated carbocycles. The largest absolute Gasteiger partial charge is 0.440 e. The highest BCUT2D eigenvalue weighted by atomic mass is 35.5. The Kier molecular flexibility index (Phi) is 6.03. The van der Waals surface area contributed by atoms with E-state index in [1.54, 1.807) is 18.2 Å². The zero-order chi connectivity index (χ0) is 25.5. The quantitative estimate of drug-likeness (QED) is 0.334. The van der Waals surface area contributed by atoms with Crippen molar-refractivity contribution in [1.29, 1.82) is 0 Å². The minimum atomic E-state index is -3.71. The van der Waals surface area contributed by atoms with Gasteiger partial charge in [0.2, 0.25) is 0 Å². The first kappa shape index (κ1) is 23.8. The number of fused-ring (bicyclic) bond motifs is 1. The Morgan fingerprint density at radius 1 is 0.784 bits per heavy atom. The number of hydrogen-bond donors (Lipinski definition) is 1. The molecule has 1 unspecified atom stereocenters. The molecule has 0 amide bonds. The van der Waals surface area contributed by atoms with Crippen LogP contribution in [0, 0.1) is 0 Å². The van der Waals surface area contributed by atoms with Gasteiger partial charge in [0, 0.05) is 35.2 Å². The third-order valence-corrected chi connectivity index (χ3v) is 8.99. The molecule has 0 saturated heterocycles. The standard InChI is InChI=1S/C30H24ClNO4S/c31-25-13-11-21(12-14-25)22-17-18-32-29(19-22)37(33,34)26-15-16-27-28(20-26)36-30(35-27,23-7-3-1-4-8-23)24-9-5-2-6-10-24/h1-17,20,29,32H,18-19H2. The molecule has 0 spiro atoms. The van der Waals surface area contributed by atoms with E-state index in [4.69, 9.17) is 21.1 Å². The maximum absolute atomic E-state index is 13.7. The van der Waals surface area contributed by atoms with Gasteiger partial charge in [0.15, 0.2) is 21.3 Å². The summed E-state index contributed by atoms with van der Waals surface area (Å²) >= 11 is 6.03. The normalized spacial score (nSPS) is 18.3. The summed E-state index contributed by atoms with van der Waals surface area (Å²) in [6.07, 6.45) is 2.36. The molecule has 1 N–H and O–H groups in total. The van der Waals surface area contributed by atoms with Crippen molar-refractivity contribution < 1.29 is 17.9 Å². The van der Waals surface area contributed by atoms with Crippen molar-refractivity contribution in [1.82, 2.24) is 5.32 Å². The summed E-state index contributed by atoms with van der Waals surface area (Å²) in [4.78, 5) is 0.182. The molecule has 1 atom stereocenters. The molecule has 2 heterocycles. The first-order valence-electron chi connectivity index (χ1n) is 12.0. The molecule has 2 aliphatic rings. The molecule has 0 bridgehead atoms. The van der Waals surface area contributed by atoms with E-state index in [0.29, 0.717) is 29.5 Å². The fourth-order valence-corrected chi connectivity index (χ4v) is 6.53. The predicted molar refractivity (Wildman–Crippen MR) is 144 cm³/mol. The topological polar surface area (TPSA) is 64.6 Å². The maximum Gasteiger partial charge on any atom is 0.305 e. The molecule has 4 aromatic rings. The number of halogens is 1. The minimum absolute atomic E-state index is 0.182. The van der Waals surface area contributed by atoms with Crippen LogP contribution in [0.5, 0.6) is 11.5 Å². The lowest BCUT2D eigenvalue weighted by molar-refractivity contribution is -0.0459. The van der Waals surface area contributed by atoms with Crippen molar-refractivity contribution in [2.24, 2.45) is 0 Å². The molecular formula is C30H24ClNO4S. The molecule has 6 rings (SSSR count). The number of hydrogen-bond acceptors (Lipinski definition) is 5. The van der Waals surface area contributed by atoms with Gasteiger partial charge in [-0.3, -0.25) is 5.32 Å². The molecule has 0 fully saturated rings. The van der Waals surface area contributed by atoms with E-state index in [2.05, 4.69) is 5.32 Å². The van der Waals surface area contributed by atoms with Crippen LogP contribution in [0.3, 0.4) is 0 Å². The molecule has 0 aliphatic carbocycles. The zero-order valence-electron chi connectivity index (χ0n) is 19.8. The van der Waals surface area contributed by atoms with E-state index in [1.165, 1.54) is 0 Å². The van der Waals surface area contributed by atoms with Gasteiger partial charge >= 0.3 is 5.79 Å². The second-order valence-electron chi connectivity index (χ2n) is 9.04. The molecule has 37 heavy (non-hydrogen) atoms. The SMILES string of the molecule is O=S(=O)(c1ccc2c(c1)OC(c1ccccc1)(c1ccccc1)O2)C1CC(c2ccc(Cl)cc2)=CCN1. The summed E-state index contributed by atoms with van der Waals surface area (Å²) in [7, 11) is -3.71. The lowest BCUT2D eigenvalue weighted by Gasteiger charge is -2.28. The van der Waals surface area contributed by atoms with Crippen LogP contribution in [0.15, 0.2) is 114 Å². The smallest absolute Gasteiger partial charge is 0.305 e. The highest BCUT2D eigenvalue weighted by molar-refractivity contribution is 7.92. The molecular weight excluding hydrogens is 506 g/mol. The summed E-state index contributed by atoms with van der Waals surface area (Å²) < 4.78 is 40.3. The van der Waals surface area contributed by atoms with Gasteiger partial charge in [-0.2, -0.15) is 0 Å². The number of sulfone groups is 1. The van der Waals surface area contributed by atoms with E-state index in [9.17, 15) is 8.42 Å². The molecule has 4 aromatic carbocycles. The van der Waals surface area contributed by atoms with E-state index < -0.39 is 21.0 Å². The minimum Gasteiger partial charge on any atom is -0.440 e. The average Bonchev–Trinajstić information content (AvgIpc) is 3.35. The number of ether oxygens (including phenoxy) is 2. The lowest BCUT2D eigenvalue weighted by Crippen LogP contribution is -2.39. The number of rotatable bonds is 5. The Morgan fingerprint density at radius 3 is 2.05 bits per heavy atom. The lowest BCUT2D eigenvalue weighted by atomic mass is 9.97. The summed E-state index contributed by atoms with van der Waals surface area (Å²) in [5.41, 5.74) is 3.56. The van der Waals surface area contributed by atoms with Crippen molar-refractivity contribution in [3.63, 3.8) is 0 Å². The third-order valence-electron chi connectivity index (χ3n) is 6.75. The van der Waals surface area contributed by atoms with Gasteiger partial charge in [0.05, 0.1) is 4.90 Å². The second kappa shape index (κ2) is 9.38. The summed E-state index contributed by atoms with van der Waals surface area (Å²) in [6.45, 7) is 0.456. The molecule has 0 radical (unpaired) electrons. The van der Waals surface area contributed by atoms with E-state index in [-0.39, 0.29) is 4.90 Å². The first-order chi connectivity index (χ1) is 18.0. The van der Waals surface area contributed by atoms with Gasteiger partial charge in [-0.1, -0.05) is 90.5 Å². The van der Waals surface area contributed by atoms with Gasteiger partial charge in [-0.25, -0.2) is 8.42 Å². The zero-order valence-corrected chi connectivity index (χ0v) is 21.4. The van der Waals surface area contributed by atoms with Crippen LogP contribution in [-0.2, 0) is 15.6 Å². The van der Waals surface area contributed by atoms with E-state index in [0.717, 1.165) is 22.3 Å². The first-order valence-corrected chi connectivity index (χ1v) is 13.9. The molecule has 0 aromatic heterocycles. The van der Waals surface area contributed by atoms with Crippen LogP contribution < -0.4 is 14.8 Å². The van der Waals surface area contributed by atoms with Crippen molar-refractivity contribution in [2.45, 2.75) is 22.5 Å². The van der Waals surface area contributed by atoms with E-state index in [1.807, 2.05) is 91.0 Å². The predicted octanol–water partition coefficient (Wildman–Crippen LogP) is 6.19. The Labute approximate surface area is 221 Å². The summed E-state index contributed by atoms with van der Waals surface area (Å²) in [5.74, 6) is -0.330. The summed E-state index contributed by atoms with van der Waals surface area (Å²) in [5, 5.41) is 3.02. The Morgan fingerprint density at radius 2 is 1.41 bits per heavy atom. The van der Waals surface area contributed by atoms with E-state index >= 15 is 0 Å². The van der Waals surface area contributed by atoms with Crippen LogP contribution in [0.25, 0.3) is 5.57 Å². The Balaban J connectivity index is 1.32. The number of nitrogens with one attached hydrogen (secondary N) is 1. The van der Waals surface area contributed by atoms with Gasteiger partial charge < -0.3 is 9.47 Å². The fraction of sp³-hybridized carbons (Fsp3) is 0.133. The van der Waals surface area contributed by atoms with Gasteiger partial charge in [-0.05, 0) is 35.4 Å². The van der Waals surface area contributed by atoms with Crippen LogP contribution in [-0.4, -0.2) is 20.3 Å². The van der Waals surface area contributed by atoms with Crippen LogP contribution in [0.4, 0.5) is 0 Å². The molecule has 2 aliphatic heterocycles. The van der Waals surface area contributed by atoms with Crippen molar-refractivity contribution >= 4 is 27.0 Å². The third kappa shape index (κ3) is 4.31. The van der Waals surface area contributed by atoms with Gasteiger partial charge in [-0.15, -0.1) is 0 Å². The molecule has 5 nitrogen and oxygen atoms in total. The van der Waals surface area contributed by atoms with Crippen LogP contribution >= 0.6 is 11.6 Å². The molecule has 186 valence electrons. The Hall–Kier alpha value is -3.58. The second-order valence-corrected chi connectivity index (χ2v) is 11.6. The highest BCUT2D eigenvalue weighted by Gasteiger charge is 2.46. The molecule has 7 heteroatoms. The average molecular weight is 530 g/mol. The van der Waals surface area contributed by atoms with Crippen molar-refractivity contribution in [3.8, 4) is 11.5 Å². The monoisotopic (exact) mass is 529 g/mol. The number of benzene rings is 4.